The van der Waals surface area contributed by atoms with E-state index in [9.17, 15) is 4.79 Å². The number of methoxy groups -OCH3 is 1. The fraction of sp³-hybridized carbons (Fsp3) is 0.348. The molecule has 0 saturated heterocycles. The highest BCUT2D eigenvalue weighted by Crippen LogP contribution is 2.28. The number of hydrogen-bond acceptors (Lipinski definition) is 3. The zero-order valence-electron chi connectivity index (χ0n) is 16.8. The summed E-state index contributed by atoms with van der Waals surface area (Å²) in [6, 6.07) is 14.1. The first-order chi connectivity index (χ1) is 13.6. The molecule has 2 aromatic carbocycles. The van der Waals surface area contributed by atoms with Gasteiger partial charge in [-0.3, -0.25) is 4.79 Å². The predicted octanol–water partition coefficient (Wildman–Crippen LogP) is 4.22. The molecule has 0 bridgehead atoms. The molecule has 0 spiro atoms. The maximum absolute atomic E-state index is 12.2. The molecule has 3 rings (SSSR count). The van der Waals surface area contributed by atoms with Gasteiger partial charge in [0.2, 0.25) is 5.91 Å². The van der Waals surface area contributed by atoms with E-state index in [1.165, 1.54) is 16.5 Å². The van der Waals surface area contributed by atoms with E-state index in [-0.39, 0.29) is 5.91 Å². The summed E-state index contributed by atoms with van der Waals surface area (Å²) in [5, 5.41) is 4.26. The molecule has 0 aliphatic rings. The molecular formula is C23H28N2O3. The smallest absolute Gasteiger partial charge is 0.220 e. The molecule has 1 N–H and O–H groups in total. The van der Waals surface area contributed by atoms with Crippen molar-refractivity contribution >= 4 is 16.8 Å². The molecule has 0 fully saturated rings. The lowest BCUT2D eigenvalue weighted by molar-refractivity contribution is -0.121. The number of rotatable bonds is 9. The number of para-hydroxylation sites is 1. The highest BCUT2D eigenvalue weighted by molar-refractivity contribution is 5.84. The van der Waals surface area contributed by atoms with Crippen LogP contribution in [0.2, 0.25) is 0 Å². The Kier molecular flexibility index (Phi) is 6.58. The van der Waals surface area contributed by atoms with E-state index < -0.39 is 0 Å². The molecule has 0 aliphatic heterocycles. The van der Waals surface area contributed by atoms with Gasteiger partial charge in [-0.2, -0.15) is 0 Å². The Balaban J connectivity index is 1.49. The van der Waals surface area contributed by atoms with Crippen LogP contribution in [-0.2, 0) is 24.8 Å². The third-order valence-corrected chi connectivity index (χ3v) is 4.85. The summed E-state index contributed by atoms with van der Waals surface area (Å²) >= 11 is 0. The van der Waals surface area contributed by atoms with Gasteiger partial charge in [0.15, 0.2) is 11.5 Å². The summed E-state index contributed by atoms with van der Waals surface area (Å²) in [6.45, 7) is 3.00. The number of nitrogens with one attached hydrogen (secondary N) is 1. The van der Waals surface area contributed by atoms with Crippen LogP contribution in [0.15, 0.2) is 48.7 Å². The Labute approximate surface area is 166 Å². The number of hydrogen-bond donors (Lipinski definition) is 1. The molecule has 0 atom stereocenters. The van der Waals surface area contributed by atoms with E-state index in [0.29, 0.717) is 25.3 Å². The quantitative estimate of drug-likeness (QED) is 0.605. The third-order valence-electron chi connectivity index (χ3n) is 4.85. The molecule has 5 nitrogen and oxygen atoms in total. The molecule has 5 heteroatoms. The van der Waals surface area contributed by atoms with Crippen molar-refractivity contribution < 1.29 is 14.3 Å². The van der Waals surface area contributed by atoms with E-state index >= 15 is 0 Å². The van der Waals surface area contributed by atoms with Gasteiger partial charge in [-0.1, -0.05) is 24.3 Å². The summed E-state index contributed by atoms with van der Waals surface area (Å²) in [5.74, 6) is 1.47. The van der Waals surface area contributed by atoms with Gasteiger partial charge in [0.05, 0.1) is 13.7 Å². The van der Waals surface area contributed by atoms with Crippen molar-refractivity contribution in [2.45, 2.75) is 32.7 Å². The van der Waals surface area contributed by atoms with Crippen LogP contribution >= 0.6 is 0 Å². The average molecular weight is 380 g/mol. The average Bonchev–Trinajstić information content (AvgIpc) is 3.03. The van der Waals surface area contributed by atoms with Crippen LogP contribution in [-0.4, -0.2) is 24.2 Å². The topological polar surface area (TPSA) is 52.5 Å². The molecule has 148 valence electrons. The lowest BCUT2D eigenvalue weighted by Crippen LogP contribution is -2.22. The van der Waals surface area contributed by atoms with Crippen LogP contribution in [0.5, 0.6) is 11.5 Å². The molecule has 1 aromatic heterocycles. The molecule has 3 aromatic rings. The zero-order valence-corrected chi connectivity index (χ0v) is 16.8. The molecule has 1 amide bonds. The van der Waals surface area contributed by atoms with E-state index in [1.54, 1.807) is 7.11 Å². The van der Waals surface area contributed by atoms with E-state index in [4.69, 9.17) is 9.47 Å². The van der Waals surface area contributed by atoms with Gasteiger partial charge in [0, 0.05) is 37.1 Å². The number of aryl methyl sites for hydroxylation is 2. The van der Waals surface area contributed by atoms with Crippen molar-refractivity contribution in [3.8, 4) is 11.5 Å². The first-order valence-electron chi connectivity index (χ1n) is 9.71. The second-order valence-corrected chi connectivity index (χ2v) is 6.83. The Morgan fingerprint density at radius 1 is 1.14 bits per heavy atom. The minimum atomic E-state index is 0.0630. The van der Waals surface area contributed by atoms with Crippen molar-refractivity contribution in [2.24, 2.45) is 7.05 Å². The fourth-order valence-electron chi connectivity index (χ4n) is 3.45. The highest BCUT2D eigenvalue weighted by Gasteiger charge is 2.09. The van der Waals surface area contributed by atoms with E-state index in [2.05, 4.69) is 47.4 Å². The third kappa shape index (κ3) is 4.66. The van der Waals surface area contributed by atoms with Crippen molar-refractivity contribution in [1.82, 2.24) is 9.88 Å². The zero-order chi connectivity index (χ0) is 19.9. The van der Waals surface area contributed by atoms with Crippen molar-refractivity contribution in [3.63, 3.8) is 0 Å². The van der Waals surface area contributed by atoms with Crippen molar-refractivity contribution in [1.29, 1.82) is 0 Å². The van der Waals surface area contributed by atoms with Crippen LogP contribution in [0.1, 0.15) is 30.9 Å². The lowest BCUT2D eigenvalue weighted by atomic mass is 10.1. The Morgan fingerprint density at radius 2 is 1.96 bits per heavy atom. The van der Waals surface area contributed by atoms with Gasteiger partial charge in [0.25, 0.3) is 0 Å². The van der Waals surface area contributed by atoms with Crippen LogP contribution in [0.4, 0.5) is 0 Å². The number of carbonyl (C=O) groups excluding carboxylic acids is 1. The standard InChI is InChI=1S/C23H28N2O3/c1-4-28-21-13-12-17(14-22(21)27-3)15-24-23(26)11-7-8-18-16-25(2)20-10-6-5-9-19(18)20/h5-6,9-10,12-14,16H,4,7-8,11,15H2,1-3H3,(H,24,26). The molecule has 0 saturated carbocycles. The highest BCUT2D eigenvalue weighted by atomic mass is 16.5. The lowest BCUT2D eigenvalue weighted by Gasteiger charge is -2.11. The van der Waals surface area contributed by atoms with Gasteiger partial charge >= 0.3 is 0 Å². The number of carbonyl (C=O) groups is 1. The monoisotopic (exact) mass is 380 g/mol. The SMILES string of the molecule is CCOc1ccc(CNC(=O)CCCc2cn(C)c3ccccc23)cc1OC. The van der Waals surface area contributed by atoms with Crippen LogP contribution in [0.3, 0.4) is 0 Å². The summed E-state index contributed by atoms with van der Waals surface area (Å²) in [4.78, 5) is 12.2. The summed E-state index contributed by atoms with van der Waals surface area (Å²) in [6.07, 6.45) is 4.39. The molecule has 0 unspecified atom stereocenters. The van der Waals surface area contributed by atoms with Crippen LogP contribution in [0.25, 0.3) is 10.9 Å². The fourth-order valence-corrected chi connectivity index (χ4v) is 3.45. The second kappa shape index (κ2) is 9.31. The molecule has 28 heavy (non-hydrogen) atoms. The molecule has 0 aliphatic carbocycles. The van der Waals surface area contributed by atoms with Crippen molar-refractivity contribution in [2.75, 3.05) is 13.7 Å². The van der Waals surface area contributed by atoms with Crippen LogP contribution < -0.4 is 14.8 Å². The van der Waals surface area contributed by atoms with Gasteiger partial charge in [-0.05, 0) is 49.1 Å². The molecular weight excluding hydrogens is 352 g/mol. The Hall–Kier alpha value is -2.95. The number of benzene rings is 2. The predicted molar refractivity (Wildman–Crippen MR) is 112 cm³/mol. The van der Waals surface area contributed by atoms with Gasteiger partial charge in [0.1, 0.15) is 0 Å². The largest absolute Gasteiger partial charge is 0.493 e. The second-order valence-electron chi connectivity index (χ2n) is 6.83. The molecule has 1 heterocycles. The number of nitrogens with zero attached hydrogens (tertiary/aromatic N) is 1. The number of amides is 1. The first kappa shape index (κ1) is 19.8. The summed E-state index contributed by atoms with van der Waals surface area (Å²) in [7, 11) is 3.68. The summed E-state index contributed by atoms with van der Waals surface area (Å²) in [5.41, 5.74) is 3.51. The van der Waals surface area contributed by atoms with E-state index in [1.807, 2.05) is 25.1 Å². The summed E-state index contributed by atoms with van der Waals surface area (Å²) < 4.78 is 13.0. The number of fused-ring (bicyclic) bond motifs is 1. The maximum atomic E-state index is 12.2. The Bertz CT molecular complexity index is 946. The van der Waals surface area contributed by atoms with Gasteiger partial charge < -0.3 is 19.4 Å². The number of ether oxygens (including phenoxy) is 2. The van der Waals surface area contributed by atoms with Gasteiger partial charge in [-0.15, -0.1) is 0 Å². The number of aromatic nitrogens is 1. The van der Waals surface area contributed by atoms with Crippen LogP contribution in [0, 0.1) is 0 Å². The minimum absolute atomic E-state index is 0.0630. The minimum Gasteiger partial charge on any atom is -0.493 e. The maximum Gasteiger partial charge on any atom is 0.220 e. The van der Waals surface area contributed by atoms with Gasteiger partial charge in [-0.25, -0.2) is 0 Å². The Morgan fingerprint density at radius 3 is 2.75 bits per heavy atom. The first-order valence-corrected chi connectivity index (χ1v) is 9.71. The van der Waals surface area contributed by atoms with Crippen molar-refractivity contribution in [3.05, 3.63) is 59.8 Å². The van der Waals surface area contributed by atoms with E-state index in [0.717, 1.165) is 24.2 Å². The molecule has 0 radical (unpaired) electrons. The normalized spacial score (nSPS) is 10.8.